The van der Waals surface area contributed by atoms with Crippen LogP contribution in [0.1, 0.15) is 32.6 Å². The Hall–Kier alpha value is -0.210. The summed E-state index contributed by atoms with van der Waals surface area (Å²) in [4.78, 5) is 0. The van der Waals surface area contributed by atoms with E-state index < -0.39 is 44.4 Å². The van der Waals surface area contributed by atoms with Gasteiger partial charge in [-0.15, -0.1) is 0 Å². The molecular weight excluding hydrogens is 408 g/mol. The van der Waals surface area contributed by atoms with E-state index in [0.717, 1.165) is 0 Å². The van der Waals surface area contributed by atoms with E-state index in [-0.39, 0.29) is 36.5 Å². The van der Waals surface area contributed by atoms with Crippen molar-refractivity contribution in [3.63, 3.8) is 0 Å². The maximum atomic E-state index is 12.9. The van der Waals surface area contributed by atoms with Crippen LogP contribution >= 0.6 is 10.2 Å². The molecule has 0 spiro atoms. The molecule has 1 aliphatic heterocycles. The lowest BCUT2D eigenvalue weighted by Gasteiger charge is -2.43. The highest BCUT2D eigenvalue weighted by atomic mass is 32.4. The molecule has 1 aliphatic rings. The number of halogens is 6. The van der Waals surface area contributed by atoms with Crippen molar-refractivity contribution in [3.05, 3.63) is 0 Å². The van der Waals surface area contributed by atoms with Crippen LogP contribution in [0.15, 0.2) is 0 Å². The molecule has 0 aromatic heterocycles. The van der Waals surface area contributed by atoms with Crippen molar-refractivity contribution in [2.24, 2.45) is 0 Å². The van der Waals surface area contributed by atoms with Crippen LogP contribution in [0.25, 0.3) is 0 Å². The average molecular weight is 425 g/mol. The minimum absolute atomic E-state index is 0.132. The second kappa shape index (κ2) is 6.83. The Morgan fingerprint density at radius 2 is 1.25 bits per heavy atom. The predicted octanol–water partition coefficient (Wildman–Crippen LogP) is 3.30. The first-order valence-corrected chi connectivity index (χ1v) is 11.8. The molecule has 0 amide bonds. The number of nitrogens with zero attached hydrogens (tertiary/aromatic N) is 1. The molecule has 0 unspecified atom stereocenters. The standard InChI is InChI=1S/C10H17F6NO4S3/c1-2-3-6-22(7-4-5-8-22)17(23(18,19)9(11,12)13)24(20,21)10(14,15)16/h2-8H2,1H3. The van der Waals surface area contributed by atoms with Crippen molar-refractivity contribution in [1.29, 1.82) is 0 Å². The number of rotatable bonds is 6. The molecule has 14 heteroatoms. The van der Waals surface area contributed by atoms with E-state index in [1.54, 1.807) is 6.92 Å². The molecule has 0 bridgehead atoms. The van der Waals surface area contributed by atoms with Crippen LogP contribution in [-0.2, 0) is 20.0 Å². The van der Waals surface area contributed by atoms with Gasteiger partial charge < -0.3 is 0 Å². The van der Waals surface area contributed by atoms with Crippen LogP contribution in [-0.4, -0.2) is 48.2 Å². The Morgan fingerprint density at radius 3 is 1.54 bits per heavy atom. The fourth-order valence-electron chi connectivity index (χ4n) is 2.40. The second-order valence-corrected chi connectivity index (χ2v) is 13.1. The molecule has 0 N–H and O–H groups in total. The van der Waals surface area contributed by atoms with E-state index in [4.69, 9.17) is 0 Å². The minimum Gasteiger partial charge on any atom is -0.201 e. The lowest BCUT2D eigenvalue weighted by molar-refractivity contribution is -0.0505. The molecule has 1 heterocycles. The second-order valence-electron chi connectivity index (χ2n) is 5.24. The van der Waals surface area contributed by atoms with E-state index in [1.165, 1.54) is 0 Å². The van der Waals surface area contributed by atoms with Gasteiger partial charge in [-0.05, 0) is 39.6 Å². The zero-order valence-electron chi connectivity index (χ0n) is 12.5. The van der Waals surface area contributed by atoms with Gasteiger partial charge in [0, 0.05) is 0 Å². The first kappa shape index (κ1) is 21.8. The number of hydrogen-bond donors (Lipinski definition) is 0. The van der Waals surface area contributed by atoms with Crippen LogP contribution in [0.2, 0.25) is 0 Å². The molecule has 0 radical (unpaired) electrons. The van der Waals surface area contributed by atoms with E-state index in [0.29, 0.717) is 6.42 Å². The van der Waals surface area contributed by atoms with E-state index >= 15 is 0 Å². The van der Waals surface area contributed by atoms with Gasteiger partial charge in [0.1, 0.15) is 0 Å². The van der Waals surface area contributed by atoms with Gasteiger partial charge >= 0.3 is 31.1 Å². The van der Waals surface area contributed by atoms with Crippen molar-refractivity contribution >= 4 is 30.3 Å². The highest BCUT2D eigenvalue weighted by Gasteiger charge is 2.66. The summed E-state index contributed by atoms with van der Waals surface area (Å²) in [5.41, 5.74) is -12.3. The highest BCUT2D eigenvalue weighted by Crippen LogP contribution is 2.62. The first-order chi connectivity index (χ1) is 10.6. The molecule has 146 valence electrons. The lowest BCUT2D eigenvalue weighted by Crippen LogP contribution is -2.51. The molecule has 0 aromatic rings. The Morgan fingerprint density at radius 1 is 0.875 bits per heavy atom. The molecule has 5 nitrogen and oxygen atoms in total. The highest BCUT2D eigenvalue weighted by molar-refractivity contribution is 8.41. The van der Waals surface area contributed by atoms with Crippen LogP contribution < -0.4 is 0 Å². The predicted molar refractivity (Wildman–Crippen MR) is 78.1 cm³/mol. The van der Waals surface area contributed by atoms with Crippen LogP contribution in [0.5, 0.6) is 0 Å². The van der Waals surface area contributed by atoms with Gasteiger partial charge in [0.05, 0.1) is 0 Å². The molecule has 0 saturated carbocycles. The SMILES string of the molecule is CCCCS1(N(S(=O)(=O)C(F)(F)F)S(=O)(=O)C(F)(F)F)CCCC1. The van der Waals surface area contributed by atoms with Crippen LogP contribution in [0.4, 0.5) is 26.3 Å². The van der Waals surface area contributed by atoms with Crippen molar-refractivity contribution < 1.29 is 43.2 Å². The Bertz CT molecular complexity index is 605. The van der Waals surface area contributed by atoms with Crippen molar-refractivity contribution in [1.82, 2.24) is 3.12 Å². The maximum Gasteiger partial charge on any atom is 0.513 e. The Kier molecular flexibility index (Phi) is 6.22. The minimum atomic E-state index is -6.69. The summed E-state index contributed by atoms with van der Waals surface area (Å²) in [6.45, 7) is 1.61. The van der Waals surface area contributed by atoms with E-state index in [2.05, 4.69) is 0 Å². The molecule has 24 heavy (non-hydrogen) atoms. The van der Waals surface area contributed by atoms with E-state index in [1.807, 2.05) is 0 Å². The summed E-state index contributed by atoms with van der Waals surface area (Å²) in [5, 5.41) is 0. The van der Waals surface area contributed by atoms with Gasteiger partial charge in [0.25, 0.3) is 0 Å². The Balaban J connectivity index is 3.67. The molecule has 1 rings (SSSR count). The van der Waals surface area contributed by atoms with Crippen LogP contribution in [0.3, 0.4) is 0 Å². The normalized spacial score (nSPS) is 21.2. The topological polar surface area (TPSA) is 71.5 Å². The number of alkyl halides is 6. The lowest BCUT2D eigenvalue weighted by atomic mass is 10.4. The summed E-state index contributed by atoms with van der Waals surface area (Å²) >= 11 is 0. The fraction of sp³-hybridized carbons (Fsp3) is 1.00. The maximum absolute atomic E-state index is 12.9. The molecule has 0 aromatic carbocycles. The van der Waals surface area contributed by atoms with Gasteiger partial charge in [-0.25, -0.2) is 16.8 Å². The van der Waals surface area contributed by atoms with Gasteiger partial charge in [-0.1, -0.05) is 13.3 Å². The van der Waals surface area contributed by atoms with Gasteiger partial charge in [-0.2, -0.15) is 36.6 Å². The fourth-order valence-corrected chi connectivity index (χ4v) is 12.8. The smallest absolute Gasteiger partial charge is 0.201 e. The summed E-state index contributed by atoms with van der Waals surface area (Å²) in [7, 11) is -16.7. The van der Waals surface area contributed by atoms with Crippen LogP contribution in [0, 0.1) is 0 Å². The van der Waals surface area contributed by atoms with E-state index in [9.17, 15) is 43.2 Å². The van der Waals surface area contributed by atoms with Crippen molar-refractivity contribution in [2.75, 3.05) is 17.3 Å². The van der Waals surface area contributed by atoms with Crippen molar-refractivity contribution in [3.8, 4) is 0 Å². The quantitative estimate of drug-likeness (QED) is 0.613. The third-order valence-corrected chi connectivity index (χ3v) is 13.5. The summed E-state index contributed by atoms with van der Waals surface area (Å²) in [6.07, 6.45) is 0.861. The molecular formula is C10H17F6NO4S3. The monoisotopic (exact) mass is 425 g/mol. The summed E-state index contributed by atoms with van der Waals surface area (Å²) in [6, 6.07) is 0. The number of unbranched alkanes of at least 4 members (excludes halogenated alkanes) is 1. The van der Waals surface area contributed by atoms with Crippen molar-refractivity contribution in [2.45, 2.75) is 43.6 Å². The largest absolute Gasteiger partial charge is 0.513 e. The zero-order valence-corrected chi connectivity index (χ0v) is 15.0. The number of sulfonamides is 2. The Labute approximate surface area is 137 Å². The molecule has 0 atom stereocenters. The van der Waals surface area contributed by atoms with Gasteiger partial charge in [-0.3, -0.25) is 0 Å². The average Bonchev–Trinajstić information content (AvgIpc) is 2.82. The summed E-state index contributed by atoms with van der Waals surface area (Å²) in [5.74, 6) is -0.899. The molecule has 0 aliphatic carbocycles. The van der Waals surface area contributed by atoms with Gasteiger partial charge in [0.2, 0.25) is 0 Å². The summed E-state index contributed by atoms with van der Waals surface area (Å²) < 4.78 is 123. The van der Waals surface area contributed by atoms with Gasteiger partial charge in [0.15, 0.2) is 0 Å². The third-order valence-electron chi connectivity index (χ3n) is 3.47. The first-order valence-electron chi connectivity index (χ1n) is 6.83. The third kappa shape index (κ3) is 3.80. The molecule has 1 saturated heterocycles. The zero-order chi connectivity index (χ0) is 19.0. The number of hydrogen-bond acceptors (Lipinski definition) is 4. The molecule has 1 fully saturated rings.